The predicted molar refractivity (Wildman–Crippen MR) is 86.4 cm³/mol. The van der Waals surface area contributed by atoms with Gasteiger partial charge in [-0.15, -0.1) is 0 Å². The molecule has 2 aromatic carbocycles. The maximum absolute atomic E-state index is 12.3. The number of benzene rings is 2. The quantitative estimate of drug-likeness (QED) is 0.499. The lowest BCUT2D eigenvalue weighted by Gasteiger charge is -2.18. The number of esters is 1. The molecule has 7 heteroatoms. The highest BCUT2D eigenvalue weighted by Gasteiger charge is 2.20. The van der Waals surface area contributed by atoms with Crippen LogP contribution in [0, 0.1) is 10.1 Å². The highest BCUT2D eigenvalue weighted by molar-refractivity contribution is 5.94. The number of amides is 1. The number of hydrogen-bond acceptors (Lipinski definition) is 5. The van der Waals surface area contributed by atoms with Crippen LogP contribution in [0.4, 0.5) is 5.69 Å². The fourth-order valence-corrected chi connectivity index (χ4v) is 2.16. The number of nitro groups is 1. The van der Waals surface area contributed by atoms with Crippen molar-refractivity contribution in [2.75, 3.05) is 7.11 Å². The van der Waals surface area contributed by atoms with Crippen molar-refractivity contribution in [3.8, 4) is 0 Å². The molecule has 0 heterocycles. The number of nitro benzene ring substituents is 1. The van der Waals surface area contributed by atoms with Crippen LogP contribution in [0.5, 0.6) is 0 Å². The monoisotopic (exact) mass is 328 g/mol. The third kappa shape index (κ3) is 4.39. The third-order valence-electron chi connectivity index (χ3n) is 3.45. The first-order chi connectivity index (χ1) is 11.5. The van der Waals surface area contributed by atoms with E-state index in [4.69, 9.17) is 0 Å². The summed E-state index contributed by atoms with van der Waals surface area (Å²) in [5.41, 5.74) is 0.935. The summed E-state index contributed by atoms with van der Waals surface area (Å²) >= 11 is 0. The maximum Gasteiger partial charge on any atom is 0.307 e. The van der Waals surface area contributed by atoms with Crippen molar-refractivity contribution in [3.05, 3.63) is 75.8 Å². The van der Waals surface area contributed by atoms with E-state index >= 15 is 0 Å². The Bertz CT molecular complexity index is 728. The third-order valence-corrected chi connectivity index (χ3v) is 3.45. The van der Waals surface area contributed by atoms with Gasteiger partial charge in [0.2, 0.25) is 0 Å². The smallest absolute Gasteiger partial charge is 0.307 e. The van der Waals surface area contributed by atoms with Gasteiger partial charge >= 0.3 is 5.97 Å². The minimum absolute atomic E-state index is 0.0146. The van der Waals surface area contributed by atoms with Crippen LogP contribution in [0.3, 0.4) is 0 Å². The molecule has 0 fully saturated rings. The lowest BCUT2D eigenvalue weighted by atomic mass is 10.0. The summed E-state index contributed by atoms with van der Waals surface area (Å²) in [7, 11) is 1.28. The van der Waals surface area contributed by atoms with Gasteiger partial charge in [0.25, 0.3) is 11.6 Å². The van der Waals surface area contributed by atoms with E-state index in [1.807, 2.05) is 6.07 Å². The summed E-state index contributed by atoms with van der Waals surface area (Å²) in [5, 5.41) is 13.4. The molecule has 0 unspecified atom stereocenters. The molecule has 7 nitrogen and oxygen atoms in total. The van der Waals surface area contributed by atoms with Crippen LogP contribution in [-0.4, -0.2) is 23.9 Å². The number of carbonyl (C=O) groups is 2. The second kappa shape index (κ2) is 7.87. The highest BCUT2D eigenvalue weighted by Crippen LogP contribution is 2.19. The number of nitrogens with zero attached hydrogens (tertiary/aromatic N) is 1. The zero-order valence-corrected chi connectivity index (χ0v) is 13.0. The molecule has 0 aliphatic rings. The van der Waals surface area contributed by atoms with Crippen LogP contribution in [0.1, 0.15) is 28.4 Å². The Morgan fingerprint density at radius 2 is 1.75 bits per heavy atom. The Kier molecular flexibility index (Phi) is 5.62. The topological polar surface area (TPSA) is 98.5 Å². The van der Waals surface area contributed by atoms with Crippen LogP contribution >= 0.6 is 0 Å². The number of nitrogens with one attached hydrogen (secondary N) is 1. The van der Waals surface area contributed by atoms with Gasteiger partial charge in [-0.2, -0.15) is 0 Å². The average molecular weight is 328 g/mol. The molecule has 2 aromatic rings. The molecule has 0 saturated heterocycles. The second-order valence-corrected chi connectivity index (χ2v) is 5.02. The van der Waals surface area contributed by atoms with Crippen molar-refractivity contribution >= 4 is 17.6 Å². The first-order valence-electron chi connectivity index (χ1n) is 7.18. The van der Waals surface area contributed by atoms with Gasteiger partial charge in [0.05, 0.1) is 24.5 Å². The van der Waals surface area contributed by atoms with E-state index in [1.54, 1.807) is 24.3 Å². The number of non-ortho nitro benzene ring substituents is 1. The Labute approximate surface area is 138 Å². The molecule has 0 aliphatic heterocycles. The van der Waals surface area contributed by atoms with E-state index in [1.165, 1.54) is 31.4 Å². The molecule has 0 bridgehead atoms. The lowest BCUT2D eigenvalue weighted by Crippen LogP contribution is -2.30. The Balaban J connectivity index is 2.17. The van der Waals surface area contributed by atoms with Crippen LogP contribution in [0.25, 0.3) is 0 Å². The van der Waals surface area contributed by atoms with Gasteiger partial charge in [-0.25, -0.2) is 0 Å². The molecule has 0 radical (unpaired) electrons. The van der Waals surface area contributed by atoms with E-state index in [-0.39, 0.29) is 17.7 Å². The van der Waals surface area contributed by atoms with Crippen LogP contribution in [-0.2, 0) is 9.53 Å². The van der Waals surface area contributed by atoms with Gasteiger partial charge in [0.1, 0.15) is 0 Å². The molecule has 2 rings (SSSR count). The van der Waals surface area contributed by atoms with Crippen molar-refractivity contribution in [1.82, 2.24) is 5.32 Å². The normalized spacial score (nSPS) is 11.4. The van der Waals surface area contributed by atoms with Crippen LogP contribution in [0.15, 0.2) is 54.6 Å². The lowest BCUT2D eigenvalue weighted by molar-refractivity contribution is -0.384. The van der Waals surface area contributed by atoms with Crippen molar-refractivity contribution in [2.24, 2.45) is 0 Å². The molecule has 0 spiro atoms. The van der Waals surface area contributed by atoms with Gasteiger partial charge in [-0.05, 0) is 17.7 Å². The summed E-state index contributed by atoms with van der Waals surface area (Å²) in [6, 6.07) is 13.7. The summed E-state index contributed by atoms with van der Waals surface area (Å²) in [6.07, 6.45) is -0.0146. The maximum atomic E-state index is 12.3. The number of hydrogen-bond donors (Lipinski definition) is 1. The molecule has 124 valence electrons. The molecule has 0 aliphatic carbocycles. The minimum atomic E-state index is -0.554. The fraction of sp³-hybridized carbons (Fsp3) is 0.176. The number of methoxy groups -OCH3 is 1. The van der Waals surface area contributed by atoms with E-state index in [0.29, 0.717) is 0 Å². The van der Waals surface area contributed by atoms with Crippen molar-refractivity contribution < 1.29 is 19.2 Å². The van der Waals surface area contributed by atoms with E-state index in [2.05, 4.69) is 10.1 Å². The van der Waals surface area contributed by atoms with Gasteiger partial charge in [-0.3, -0.25) is 19.7 Å². The average Bonchev–Trinajstić information content (AvgIpc) is 2.61. The van der Waals surface area contributed by atoms with Gasteiger partial charge in [0, 0.05) is 17.7 Å². The van der Waals surface area contributed by atoms with Gasteiger partial charge < -0.3 is 10.1 Å². The Morgan fingerprint density at radius 3 is 2.29 bits per heavy atom. The summed E-state index contributed by atoms with van der Waals surface area (Å²) < 4.78 is 4.67. The van der Waals surface area contributed by atoms with Crippen molar-refractivity contribution in [3.63, 3.8) is 0 Å². The standard InChI is InChI=1S/C17H16N2O5/c1-24-16(20)11-15(12-5-3-2-4-6-12)18-17(21)13-7-9-14(10-8-13)19(22)23/h2-10,15H,11H2,1H3,(H,18,21)/t15-/m0/s1. The number of rotatable bonds is 6. The van der Waals surface area contributed by atoms with Gasteiger partial charge in [0.15, 0.2) is 0 Å². The van der Waals surface area contributed by atoms with Crippen molar-refractivity contribution in [1.29, 1.82) is 0 Å². The SMILES string of the molecule is COC(=O)C[C@H](NC(=O)c1ccc([N+](=O)[O-])cc1)c1ccccc1. The van der Waals surface area contributed by atoms with Crippen molar-refractivity contribution in [2.45, 2.75) is 12.5 Å². The molecular formula is C17H16N2O5. The van der Waals surface area contributed by atoms with Crippen LogP contribution < -0.4 is 5.32 Å². The zero-order chi connectivity index (χ0) is 17.5. The van der Waals surface area contributed by atoms with Crippen LogP contribution in [0.2, 0.25) is 0 Å². The second-order valence-electron chi connectivity index (χ2n) is 5.02. The molecular weight excluding hydrogens is 312 g/mol. The zero-order valence-electron chi connectivity index (χ0n) is 13.0. The first-order valence-corrected chi connectivity index (χ1v) is 7.18. The molecule has 0 aromatic heterocycles. The van der Waals surface area contributed by atoms with E-state index < -0.39 is 22.8 Å². The molecule has 1 amide bonds. The molecule has 1 N–H and O–H groups in total. The Morgan fingerprint density at radius 1 is 1.12 bits per heavy atom. The van der Waals surface area contributed by atoms with E-state index in [0.717, 1.165) is 5.56 Å². The Hall–Kier alpha value is -3.22. The predicted octanol–water partition coefficient (Wildman–Crippen LogP) is 2.63. The number of ether oxygens (including phenoxy) is 1. The summed E-state index contributed by atoms with van der Waals surface area (Å²) in [5.74, 6) is -0.879. The molecule has 24 heavy (non-hydrogen) atoms. The summed E-state index contributed by atoms with van der Waals surface area (Å²) in [6.45, 7) is 0. The first kappa shape index (κ1) is 17.1. The van der Waals surface area contributed by atoms with E-state index in [9.17, 15) is 19.7 Å². The largest absolute Gasteiger partial charge is 0.469 e. The number of carbonyl (C=O) groups excluding carboxylic acids is 2. The molecule has 1 atom stereocenters. The minimum Gasteiger partial charge on any atom is -0.469 e. The highest BCUT2D eigenvalue weighted by atomic mass is 16.6. The fourth-order valence-electron chi connectivity index (χ4n) is 2.16. The van der Waals surface area contributed by atoms with Gasteiger partial charge in [-0.1, -0.05) is 30.3 Å². The summed E-state index contributed by atoms with van der Waals surface area (Å²) in [4.78, 5) is 34.0. The molecule has 0 saturated carbocycles.